The average Bonchev–Trinajstić information content (AvgIpc) is 3.17. The van der Waals surface area contributed by atoms with Gasteiger partial charge in [-0.1, -0.05) is 0 Å². The van der Waals surface area contributed by atoms with Crippen LogP contribution in [0.2, 0.25) is 0 Å². The third kappa shape index (κ3) is 4.56. The van der Waals surface area contributed by atoms with Crippen molar-refractivity contribution in [1.82, 2.24) is 0 Å². The zero-order valence-corrected chi connectivity index (χ0v) is 17.7. The number of carbonyl (C=O) groups excluding carboxylic acids is 2. The van der Waals surface area contributed by atoms with Crippen LogP contribution in [0.15, 0.2) is 36.4 Å². The topological polar surface area (TPSA) is 77.1 Å². The van der Waals surface area contributed by atoms with Gasteiger partial charge in [-0.3, -0.25) is 9.59 Å². The maximum atomic E-state index is 12.4. The van der Waals surface area contributed by atoms with E-state index < -0.39 is 0 Å². The number of rotatable bonds is 7. The standard InChI is InChI=1S/C23H26N2O5/c1-15-12-17(8-9-18(15)25-11-5-6-23(25)27)24-22(26)10-7-16-13-20(29-3)21(30-4)14-19(16)28-2/h7-10,12-14H,5-6,11H2,1-4H3,(H,24,26)/b10-7+. The fourth-order valence-electron chi connectivity index (χ4n) is 3.47. The Morgan fingerprint density at radius 3 is 2.33 bits per heavy atom. The van der Waals surface area contributed by atoms with Gasteiger partial charge >= 0.3 is 0 Å². The molecule has 0 bridgehead atoms. The minimum atomic E-state index is -0.281. The predicted octanol–water partition coefficient (Wildman–Crippen LogP) is 3.80. The van der Waals surface area contributed by atoms with Gasteiger partial charge in [-0.25, -0.2) is 0 Å². The number of benzene rings is 2. The minimum Gasteiger partial charge on any atom is -0.496 e. The third-order valence-electron chi connectivity index (χ3n) is 4.98. The van der Waals surface area contributed by atoms with Crippen LogP contribution in [0.25, 0.3) is 6.08 Å². The second-order valence-electron chi connectivity index (χ2n) is 6.92. The molecule has 0 aliphatic carbocycles. The maximum absolute atomic E-state index is 12.4. The molecule has 1 heterocycles. The Labute approximate surface area is 176 Å². The number of ether oxygens (including phenoxy) is 3. The van der Waals surface area contributed by atoms with Gasteiger partial charge in [-0.2, -0.15) is 0 Å². The fourth-order valence-corrected chi connectivity index (χ4v) is 3.47. The smallest absolute Gasteiger partial charge is 0.248 e. The van der Waals surface area contributed by atoms with Gasteiger partial charge in [-0.15, -0.1) is 0 Å². The summed E-state index contributed by atoms with van der Waals surface area (Å²) in [5.74, 6) is 1.51. The Kier molecular flexibility index (Phi) is 6.61. The molecule has 2 amide bonds. The molecular formula is C23H26N2O5. The van der Waals surface area contributed by atoms with Crippen molar-refractivity contribution in [2.75, 3.05) is 38.1 Å². The number of anilines is 2. The van der Waals surface area contributed by atoms with E-state index in [4.69, 9.17) is 14.2 Å². The quantitative estimate of drug-likeness (QED) is 0.703. The molecule has 0 atom stereocenters. The molecule has 7 heteroatoms. The molecule has 0 spiro atoms. The molecule has 0 unspecified atom stereocenters. The first-order chi connectivity index (χ1) is 14.5. The van der Waals surface area contributed by atoms with Gasteiger partial charge in [0.15, 0.2) is 11.5 Å². The molecule has 1 fully saturated rings. The molecule has 1 aliphatic heterocycles. The van der Waals surface area contributed by atoms with Crippen LogP contribution in [0.3, 0.4) is 0 Å². The summed E-state index contributed by atoms with van der Waals surface area (Å²) >= 11 is 0. The first kappa shape index (κ1) is 21.2. The van der Waals surface area contributed by atoms with Crippen LogP contribution in [-0.4, -0.2) is 39.7 Å². The van der Waals surface area contributed by atoms with Crippen LogP contribution in [-0.2, 0) is 9.59 Å². The average molecular weight is 410 g/mol. The molecule has 2 aromatic carbocycles. The number of nitrogens with one attached hydrogen (secondary N) is 1. The molecule has 0 saturated carbocycles. The number of aryl methyl sites for hydroxylation is 1. The Morgan fingerprint density at radius 1 is 1.03 bits per heavy atom. The van der Waals surface area contributed by atoms with Crippen molar-refractivity contribution in [3.8, 4) is 17.2 Å². The lowest BCUT2D eigenvalue weighted by molar-refractivity contribution is -0.117. The molecule has 1 saturated heterocycles. The fraction of sp³-hybridized carbons (Fsp3) is 0.304. The Hall–Kier alpha value is -3.48. The molecule has 0 aromatic heterocycles. The van der Waals surface area contributed by atoms with Crippen LogP contribution in [0.1, 0.15) is 24.0 Å². The first-order valence-electron chi connectivity index (χ1n) is 9.67. The maximum Gasteiger partial charge on any atom is 0.248 e. The van der Waals surface area contributed by atoms with Crippen molar-refractivity contribution in [2.24, 2.45) is 0 Å². The Bertz CT molecular complexity index is 984. The molecule has 7 nitrogen and oxygen atoms in total. The summed E-state index contributed by atoms with van der Waals surface area (Å²) in [4.78, 5) is 26.2. The van der Waals surface area contributed by atoms with Gasteiger partial charge in [-0.05, 0) is 49.2 Å². The molecular weight excluding hydrogens is 384 g/mol. The second kappa shape index (κ2) is 9.35. The summed E-state index contributed by atoms with van der Waals surface area (Å²) in [5, 5.41) is 2.84. The van der Waals surface area contributed by atoms with E-state index in [0.29, 0.717) is 34.9 Å². The molecule has 1 N–H and O–H groups in total. The van der Waals surface area contributed by atoms with Crippen LogP contribution in [0.5, 0.6) is 17.2 Å². The lowest BCUT2D eigenvalue weighted by Gasteiger charge is -2.19. The number of carbonyl (C=O) groups is 2. The van der Waals surface area contributed by atoms with Crippen molar-refractivity contribution in [1.29, 1.82) is 0 Å². The normalized spacial score (nSPS) is 13.6. The Balaban J connectivity index is 1.73. The van der Waals surface area contributed by atoms with Crippen molar-refractivity contribution >= 4 is 29.3 Å². The number of amides is 2. The molecule has 1 aliphatic rings. The lowest BCUT2D eigenvalue weighted by atomic mass is 10.1. The van der Waals surface area contributed by atoms with E-state index in [1.54, 1.807) is 50.5 Å². The van der Waals surface area contributed by atoms with Gasteiger partial charge < -0.3 is 24.4 Å². The van der Waals surface area contributed by atoms with Crippen molar-refractivity contribution in [3.63, 3.8) is 0 Å². The highest BCUT2D eigenvalue weighted by molar-refractivity contribution is 6.02. The highest BCUT2D eigenvalue weighted by atomic mass is 16.5. The third-order valence-corrected chi connectivity index (χ3v) is 4.98. The predicted molar refractivity (Wildman–Crippen MR) is 117 cm³/mol. The van der Waals surface area contributed by atoms with E-state index in [0.717, 1.165) is 24.2 Å². The van der Waals surface area contributed by atoms with E-state index in [-0.39, 0.29) is 11.8 Å². The van der Waals surface area contributed by atoms with E-state index in [1.807, 2.05) is 19.1 Å². The van der Waals surface area contributed by atoms with E-state index in [9.17, 15) is 9.59 Å². The van der Waals surface area contributed by atoms with Crippen LogP contribution < -0.4 is 24.4 Å². The number of hydrogen-bond acceptors (Lipinski definition) is 5. The zero-order chi connectivity index (χ0) is 21.7. The largest absolute Gasteiger partial charge is 0.496 e. The van der Waals surface area contributed by atoms with Gasteiger partial charge in [0.1, 0.15) is 5.75 Å². The summed E-state index contributed by atoms with van der Waals surface area (Å²) < 4.78 is 16.0. The molecule has 0 radical (unpaired) electrons. The van der Waals surface area contributed by atoms with Crippen molar-refractivity contribution in [3.05, 3.63) is 47.5 Å². The van der Waals surface area contributed by atoms with Crippen molar-refractivity contribution < 1.29 is 23.8 Å². The molecule has 2 aromatic rings. The lowest BCUT2D eigenvalue weighted by Crippen LogP contribution is -2.24. The van der Waals surface area contributed by atoms with E-state index in [2.05, 4.69) is 5.32 Å². The highest BCUT2D eigenvalue weighted by Gasteiger charge is 2.23. The summed E-state index contributed by atoms with van der Waals surface area (Å²) in [6.45, 7) is 2.67. The van der Waals surface area contributed by atoms with Gasteiger partial charge in [0.25, 0.3) is 0 Å². The van der Waals surface area contributed by atoms with E-state index >= 15 is 0 Å². The summed E-state index contributed by atoms with van der Waals surface area (Å²) in [6, 6.07) is 8.99. The summed E-state index contributed by atoms with van der Waals surface area (Å²) in [6.07, 6.45) is 4.54. The minimum absolute atomic E-state index is 0.140. The summed E-state index contributed by atoms with van der Waals surface area (Å²) in [7, 11) is 4.65. The van der Waals surface area contributed by atoms with Crippen molar-refractivity contribution in [2.45, 2.75) is 19.8 Å². The van der Waals surface area contributed by atoms with Crippen LogP contribution in [0, 0.1) is 6.92 Å². The van der Waals surface area contributed by atoms with Gasteiger partial charge in [0.05, 0.1) is 21.3 Å². The van der Waals surface area contributed by atoms with Crippen LogP contribution in [0.4, 0.5) is 11.4 Å². The number of methoxy groups -OCH3 is 3. The highest BCUT2D eigenvalue weighted by Crippen LogP contribution is 2.35. The number of hydrogen-bond donors (Lipinski definition) is 1. The molecule has 3 rings (SSSR count). The summed E-state index contributed by atoms with van der Waals surface area (Å²) in [5.41, 5.74) is 3.18. The Morgan fingerprint density at radius 2 is 1.73 bits per heavy atom. The molecule has 158 valence electrons. The van der Waals surface area contributed by atoms with Crippen LogP contribution >= 0.6 is 0 Å². The number of nitrogens with zero attached hydrogens (tertiary/aromatic N) is 1. The van der Waals surface area contributed by atoms with Gasteiger partial charge in [0, 0.05) is 42.0 Å². The zero-order valence-electron chi connectivity index (χ0n) is 17.7. The first-order valence-corrected chi connectivity index (χ1v) is 9.67. The van der Waals surface area contributed by atoms with Gasteiger partial charge in [0.2, 0.25) is 11.8 Å². The second-order valence-corrected chi connectivity index (χ2v) is 6.92. The SMILES string of the molecule is COc1cc(OC)c(OC)cc1/C=C/C(=O)Nc1ccc(N2CCCC2=O)c(C)c1. The monoisotopic (exact) mass is 410 g/mol. The van der Waals surface area contributed by atoms with E-state index in [1.165, 1.54) is 6.08 Å². The molecule has 30 heavy (non-hydrogen) atoms.